The van der Waals surface area contributed by atoms with E-state index in [9.17, 15) is 23.2 Å². The number of rotatable bonds is 8. The molecule has 0 aliphatic heterocycles. The van der Waals surface area contributed by atoms with E-state index in [1.54, 1.807) is 6.92 Å². The van der Waals surface area contributed by atoms with Gasteiger partial charge in [-0.25, -0.2) is 18.4 Å². The van der Waals surface area contributed by atoms with E-state index in [2.05, 4.69) is 31.9 Å². The van der Waals surface area contributed by atoms with Crippen LogP contribution in [0.15, 0.2) is 53.0 Å². The smallest absolute Gasteiger partial charge is 0.331 e. The van der Waals surface area contributed by atoms with Gasteiger partial charge in [0.15, 0.2) is 17.7 Å². The number of carbonyl (C=O) groups is 3. The average Bonchev–Trinajstić information content (AvgIpc) is 2.89. The van der Waals surface area contributed by atoms with Gasteiger partial charge in [-0.2, -0.15) is 0 Å². The Kier molecular flexibility index (Phi) is 10.5. The number of ether oxygens (including phenoxy) is 2. The Hall–Kier alpha value is -3.83. The number of hydrogen-bond donors (Lipinski definition) is 3. The molecule has 3 aromatic carbocycles. The molecule has 0 aromatic heterocycles. The Morgan fingerprint density at radius 3 is 2.05 bits per heavy atom. The highest BCUT2D eigenvalue weighted by molar-refractivity contribution is 9.10. The number of halogens is 3. The molecule has 3 N–H and O–H groups in total. The molecular formula is C31H34BrF2N3O5. The average molecular weight is 647 g/mol. The fourth-order valence-corrected chi connectivity index (χ4v) is 5.10. The predicted octanol–water partition coefficient (Wildman–Crippen LogP) is 7.13. The number of benzene rings is 3. The van der Waals surface area contributed by atoms with E-state index >= 15 is 0 Å². The Balaban J connectivity index is 2.00. The number of amides is 3. The van der Waals surface area contributed by atoms with Gasteiger partial charge in [0.25, 0.3) is 5.91 Å². The van der Waals surface area contributed by atoms with Crippen LogP contribution < -0.4 is 16.0 Å². The van der Waals surface area contributed by atoms with Crippen LogP contribution in [0.2, 0.25) is 0 Å². The summed E-state index contributed by atoms with van der Waals surface area (Å²) in [6.07, 6.45) is -0.758. The molecule has 0 aliphatic rings. The molecule has 0 saturated carbocycles. The van der Waals surface area contributed by atoms with Crippen molar-refractivity contribution in [2.24, 2.45) is 0 Å². The minimum atomic E-state index is -1.16. The van der Waals surface area contributed by atoms with Gasteiger partial charge in [0.05, 0.1) is 30.1 Å². The quantitative estimate of drug-likeness (QED) is 0.226. The number of anilines is 2. The van der Waals surface area contributed by atoms with E-state index in [0.29, 0.717) is 16.8 Å². The van der Waals surface area contributed by atoms with Crippen molar-refractivity contribution < 1.29 is 32.6 Å². The van der Waals surface area contributed by atoms with Crippen molar-refractivity contribution in [3.8, 4) is 11.1 Å². The fourth-order valence-electron chi connectivity index (χ4n) is 4.42. The van der Waals surface area contributed by atoms with Gasteiger partial charge in [-0.05, 0) is 100 Å². The van der Waals surface area contributed by atoms with Gasteiger partial charge in [-0.1, -0.05) is 28.1 Å². The first-order valence-electron chi connectivity index (χ1n) is 13.1. The van der Waals surface area contributed by atoms with Crippen molar-refractivity contribution in [2.75, 3.05) is 17.7 Å². The number of methoxy groups -OCH3 is 1. The fraction of sp³-hybridized carbons (Fsp3) is 0.323. The van der Waals surface area contributed by atoms with Crippen molar-refractivity contribution in [2.45, 2.75) is 59.3 Å². The largest absolute Gasteiger partial charge is 0.467 e. The summed E-state index contributed by atoms with van der Waals surface area (Å²) in [7, 11) is 1.20. The lowest BCUT2D eigenvalue weighted by Gasteiger charge is -2.30. The Bertz CT molecular complexity index is 1480. The molecule has 1 unspecified atom stereocenters. The van der Waals surface area contributed by atoms with Gasteiger partial charge in [0.2, 0.25) is 0 Å². The van der Waals surface area contributed by atoms with E-state index in [4.69, 9.17) is 9.47 Å². The maximum Gasteiger partial charge on any atom is 0.331 e. The molecule has 224 valence electrons. The second kappa shape index (κ2) is 13.4. The predicted molar refractivity (Wildman–Crippen MR) is 162 cm³/mol. The highest BCUT2D eigenvalue weighted by Crippen LogP contribution is 2.29. The molecule has 8 nitrogen and oxygen atoms in total. The lowest BCUT2D eigenvalue weighted by molar-refractivity contribution is -0.150. The molecule has 0 fully saturated rings. The summed E-state index contributed by atoms with van der Waals surface area (Å²) in [4.78, 5) is 39.3. The second-order valence-electron chi connectivity index (χ2n) is 10.8. The number of esters is 1. The van der Waals surface area contributed by atoms with E-state index in [1.165, 1.54) is 31.4 Å². The van der Waals surface area contributed by atoms with Crippen molar-refractivity contribution >= 4 is 45.2 Å². The van der Waals surface area contributed by atoms with Gasteiger partial charge in [-0.3, -0.25) is 4.79 Å². The van der Waals surface area contributed by atoms with Crippen LogP contribution in [0.25, 0.3) is 11.1 Å². The molecule has 2 atom stereocenters. The number of urea groups is 1. The van der Waals surface area contributed by atoms with Crippen LogP contribution in [-0.4, -0.2) is 42.8 Å². The molecule has 0 radical (unpaired) electrons. The highest BCUT2D eigenvalue weighted by Gasteiger charge is 2.32. The molecular weight excluding hydrogens is 612 g/mol. The molecule has 0 heterocycles. The second-order valence-corrected chi connectivity index (χ2v) is 11.7. The third-order valence-electron chi connectivity index (χ3n) is 6.25. The minimum Gasteiger partial charge on any atom is -0.467 e. The SMILES string of the molecule is COC(=O)[C@@H](NC(=O)c1ccc(-c2ccc(F)c(F)c2)cc1NC(=O)Nc1c(C)cc(Br)cc1C)C(C)OC(C)(C)C. The zero-order chi connectivity index (χ0) is 31.4. The van der Waals surface area contributed by atoms with Crippen LogP contribution in [0, 0.1) is 25.5 Å². The molecule has 3 amide bonds. The molecule has 3 rings (SSSR count). The summed E-state index contributed by atoms with van der Waals surface area (Å²) in [5.74, 6) is -3.46. The maximum atomic E-state index is 14.0. The minimum absolute atomic E-state index is 0.0117. The van der Waals surface area contributed by atoms with Crippen molar-refractivity contribution in [1.82, 2.24) is 5.32 Å². The zero-order valence-electron chi connectivity index (χ0n) is 24.4. The first-order chi connectivity index (χ1) is 19.6. The molecule has 0 aliphatic carbocycles. The first kappa shape index (κ1) is 32.7. The van der Waals surface area contributed by atoms with Crippen LogP contribution in [-0.2, 0) is 14.3 Å². The van der Waals surface area contributed by atoms with E-state index < -0.39 is 47.3 Å². The molecule has 0 saturated heterocycles. The summed E-state index contributed by atoms with van der Waals surface area (Å²) in [5, 5.41) is 8.14. The lowest BCUT2D eigenvalue weighted by Crippen LogP contribution is -2.51. The standard InChI is InChI=1S/C31H34BrF2N3O5/c1-16-12-21(32)13-17(2)26(16)37-30(40)35-25-15-20(19-9-11-23(33)24(34)14-19)8-10-22(25)28(38)36-27(29(39)41-7)18(3)42-31(4,5)6/h8-15,18,27H,1-7H3,(H,36,38)(H2,35,37,40)/t18?,27-/m0/s1. The zero-order valence-corrected chi connectivity index (χ0v) is 26.0. The van der Waals surface area contributed by atoms with Crippen LogP contribution >= 0.6 is 15.9 Å². The van der Waals surface area contributed by atoms with Gasteiger partial charge in [0.1, 0.15) is 0 Å². The summed E-state index contributed by atoms with van der Waals surface area (Å²) < 4.78 is 39.2. The number of hydrogen-bond acceptors (Lipinski definition) is 5. The maximum absolute atomic E-state index is 14.0. The van der Waals surface area contributed by atoms with E-state index in [0.717, 1.165) is 27.7 Å². The van der Waals surface area contributed by atoms with Crippen LogP contribution in [0.5, 0.6) is 0 Å². The number of carbonyl (C=O) groups excluding carboxylic acids is 3. The monoisotopic (exact) mass is 645 g/mol. The normalized spacial score (nSPS) is 12.7. The van der Waals surface area contributed by atoms with Crippen molar-refractivity contribution in [3.05, 3.63) is 81.3 Å². The van der Waals surface area contributed by atoms with Gasteiger partial charge < -0.3 is 25.4 Å². The summed E-state index contributed by atoms with van der Waals surface area (Å²) >= 11 is 3.43. The van der Waals surface area contributed by atoms with Gasteiger partial charge >= 0.3 is 12.0 Å². The Morgan fingerprint density at radius 1 is 0.881 bits per heavy atom. The lowest BCUT2D eigenvalue weighted by atomic mass is 10.0. The Morgan fingerprint density at radius 2 is 1.48 bits per heavy atom. The number of aryl methyl sites for hydroxylation is 2. The summed E-state index contributed by atoms with van der Waals surface area (Å²) in [6, 6.07) is 9.67. The van der Waals surface area contributed by atoms with E-state index in [1.807, 2.05) is 46.8 Å². The Labute approximate surface area is 252 Å². The van der Waals surface area contributed by atoms with Crippen LogP contribution in [0.3, 0.4) is 0 Å². The molecule has 0 bridgehead atoms. The summed E-state index contributed by atoms with van der Waals surface area (Å²) in [5.41, 5.74) is 2.38. The molecule has 42 heavy (non-hydrogen) atoms. The molecule has 3 aromatic rings. The van der Waals surface area contributed by atoms with Crippen LogP contribution in [0.4, 0.5) is 25.0 Å². The third-order valence-corrected chi connectivity index (χ3v) is 6.71. The highest BCUT2D eigenvalue weighted by atomic mass is 79.9. The number of nitrogens with one attached hydrogen (secondary N) is 3. The summed E-state index contributed by atoms with van der Waals surface area (Å²) in [6.45, 7) is 10.7. The molecule has 11 heteroatoms. The topological polar surface area (TPSA) is 106 Å². The first-order valence-corrected chi connectivity index (χ1v) is 13.9. The van der Waals surface area contributed by atoms with Gasteiger partial charge in [-0.15, -0.1) is 0 Å². The van der Waals surface area contributed by atoms with E-state index in [-0.39, 0.29) is 11.3 Å². The van der Waals surface area contributed by atoms with Gasteiger partial charge in [0, 0.05) is 10.2 Å². The third kappa shape index (κ3) is 8.36. The van der Waals surface area contributed by atoms with Crippen molar-refractivity contribution in [3.63, 3.8) is 0 Å². The van der Waals surface area contributed by atoms with Crippen molar-refractivity contribution in [1.29, 1.82) is 0 Å². The van der Waals surface area contributed by atoms with Crippen LogP contribution in [0.1, 0.15) is 49.2 Å². The molecule has 0 spiro atoms.